The molecular formula is C11H16N2O3S. The number of hydrogen-bond acceptors (Lipinski definition) is 3. The first-order valence-electron chi connectivity index (χ1n) is 5.29. The Labute approximate surface area is 101 Å². The van der Waals surface area contributed by atoms with Gasteiger partial charge in [-0.25, -0.2) is 13.1 Å². The summed E-state index contributed by atoms with van der Waals surface area (Å²) < 4.78 is 26.2. The zero-order valence-electron chi connectivity index (χ0n) is 9.80. The van der Waals surface area contributed by atoms with Crippen LogP contribution in [0.15, 0.2) is 29.2 Å². The number of nitrogens with one attached hydrogen (secondary N) is 1. The molecule has 6 heteroatoms. The summed E-state index contributed by atoms with van der Waals surface area (Å²) in [5.41, 5.74) is 5.36. The molecule has 0 radical (unpaired) electrons. The molecule has 0 saturated carbocycles. The van der Waals surface area contributed by atoms with Gasteiger partial charge in [0, 0.05) is 11.6 Å². The van der Waals surface area contributed by atoms with Gasteiger partial charge in [0.15, 0.2) is 0 Å². The van der Waals surface area contributed by atoms with Gasteiger partial charge < -0.3 is 5.73 Å². The fourth-order valence-corrected chi connectivity index (χ4v) is 2.54. The van der Waals surface area contributed by atoms with Crippen LogP contribution in [0.3, 0.4) is 0 Å². The molecule has 0 spiro atoms. The molecule has 5 nitrogen and oxygen atoms in total. The van der Waals surface area contributed by atoms with Crippen LogP contribution in [0.5, 0.6) is 0 Å². The minimum absolute atomic E-state index is 0.128. The zero-order chi connectivity index (χ0) is 13.1. The lowest BCUT2D eigenvalue weighted by Crippen LogP contribution is -2.32. The van der Waals surface area contributed by atoms with Crippen molar-refractivity contribution in [3.05, 3.63) is 29.8 Å². The highest BCUT2D eigenvalue weighted by atomic mass is 32.2. The number of amides is 1. The van der Waals surface area contributed by atoms with Crippen molar-refractivity contribution in [2.24, 2.45) is 5.73 Å². The first-order valence-corrected chi connectivity index (χ1v) is 6.77. The Kier molecular flexibility index (Phi) is 4.25. The number of carbonyl (C=O) groups excluding carboxylic acids is 1. The van der Waals surface area contributed by atoms with Crippen molar-refractivity contribution in [3.8, 4) is 0 Å². The Bertz CT molecular complexity index is 494. The van der Waals surface area contributed by atoms with E-state index in [0.717, 1.165) is 0 Å². The van der Waals surface area contributed by atoms with Crippen LogP contribution in [-0.2, 0) is 10.0 Å². The SMILES string of the molecule is CCC(C)NS(=O)(=O)c1ccc(C(N)=O)cc1. The largest absolute Gasteiger partial charge is 0.366 e. The third-order valence-corrected chi connectivity index (χ3v) is 4.02. The van der Waals surface area contributed by atoms with Crippen molar-refractivity contribution in [1.82, 2.24) is 4.72 Å². The van der Waals surface area contributed by atoms with Crippen LogP contribution in [0.2, 0.25) is 0 Å². The van der Waals surface area contributed by atoms with E-state index in [2.05, 4.69) is 4.72 Å². The molecule has 17 heavy (non-hydrogen) atoms. The summed E-state index contributed by atoms with van der Waals surface area (Å²) in [6, 6.07) is 5.40. The van der Waals surface area contributed by atoms with Crippen molar-refractivity contribution < 1.29 is 13.2 Å². The Morgan fingerprint density at radius 3 is 2.29 bits per heavy atom. The fourth-order valence-electron chi connectivity index (χ4n) is 1.21. The molecule has 0 saturated heterocycles. The maximum absolute atomic E-state index is 11.9. The minimum Gasteiger partial charge on any atom is -0.366 e. The fraction of sp³-hybridized carbons (Fsp3) is 0.364. The lowest BCUT2D eigenvalue weighted by atomic mass is 10.2. The van der Waals surface area contributed by atoms with Gasteiger partial charge in [0.25, 0.3) is 0 Å². The Morgan fingerprint density at radius 1 is 1.35 bits per heavy atom. The second-order valence-electron chi connectivity index (χ2n) is 3.82. The third-order valence-electron chi connectivity index (χ3n) is 2.42. The summed E-state index contributed by atoms with van der Waals surface area (Å²) in [5.74, 6) is -0.580. The number of hydrogen-bond donors (Lipinski definition) is 2. The highest BCUT2D eigenvalue weighted by molar-refractivity contribution is 7.89. The molecule has 0 bridgehead atoms. The van der Waals surface area contributed by atoms with E-state index < -0.39 is 15.9 Å². The van der Waals surface area contributed by atoms with Gasteiger partial charge in [0.2, 0.25) is 15.9 Å². The molecule has 0 aliphatic heterocycles. The Balaban J connectivity index is 2.96. The smallest absolute Gasteiger partial charge is 0.248 e. The normalized spacial score (nSPS) is 13.3. The Hall–Kier alpha value is -1.40. The molecule has 0 aliphatic carbocycles. The molecule has 0 aliphatic rings. The molecule has 1 aromatic carbocycles. The number of carbonyl (C=O) groups is 1. The highest BCUT2D eigenvalue weighted by Crippen LogP contribution is 2.11. The maximum atomic E-state index is 11.9. The van der Waals surface area contributed by atoms with Crippen LogP contribution in [0.1, 0.15) is 30.6 Å². The topological polar surface area (TPSA) is 89.3 Å². The summed E-state index contributed by atoms with van der Waals surface area (Å²) >= 11 is 0. The van der Waals surface area contributed by atoms with Crippen LogP contribution < -0.4 is 10.5 Å². The second kappa shape index (κ2) is 5.29. The van der Waals surface area contributed by atoms with E-state index in [9.17, 15) is 13.2 Å². The summed E-state index contributed by atoms with van der Waals surface area (Å²) in [4.78, 5) is 11.0. The van der Waals surface area contributed by atoms with Crippen molar-refractivity contribution >= 4 is 15.9 Å². The van der Waals surface area contributed by atoms with Crippen LogP contribution >= 0.6 is 0 Å². The maximum Gasteiger partial charge on any atom is 0.248 e. The molecule has 3 N–H and O–H groups in total. The average Bonchev–Trinajstić information content (AvgIpc) is 2.28. The second-order valence-corrected chi connectivity index (χ2v) is 5.53. The number of nitrogens with two attached hydrogens (primary N) is 1. The van der Waals surface area contributed by atoms with Gasteiger partial charge >= 0.3 is 0 Å². The van der Waals surface area contributed by atoms with Gasteiger partial charge in [0.1, 0.15) is 0 Å². The molecule has 1 amide bonds. The summed E-state index contributed by atoms with van der Waals surface area (Å²) in [6.07, 6.45) is 0.707. The van der Waals surface area contributed by atoms with E-state index in [4.69, 9.17) is 5.73 Å². The van der Waals surface area contributed by atoms with Crippen LogP contribution in [0.25, 0.3) is 0 Å². The number of sulfonamides is 1. The first-order chi connectivity index (χ1) is 7.86. The molecule has 0 heterocycles. The van der Waals surface area contributed by atoms with Crippen LogP contribution in [0.4, 0.5) is 0 Å². The summed E-state index contributed by atoms with van der Waals surface area (Å²) in [6.45, 7) is 3.68. The lowest BCUT2D eigenvalue weighted by Gasteiger charge is -2.12. The lowest BCUT2D eigenvalue weighted by molar-refractivity contribution is 0.1000. The van der Waals surface area contributed by atoms with Crippen molar-refractivity contribution in [2.45, 2.75) is 31.2 Å². The van der Waals surface area contributed by atoms with Gasteiger partial charge in [-0.3, -0.25) is 4.79 Å². The molecule has 1 aromatic rings. The van der Waals surface area contributed by atoms with Gasteiger partial charge in [-0.2, -0.15) is 0 Å². The highest BCUT2D eigenvalue weighted by Gasteiger charge is 2.16. The molecule has 94 valence electrons. The van der Waals surface area contributed by atoms with Crippen LogP contribution in [0, 0.1) is 0 Å². The average molecular weight is 256 g/mol. The van der Waals surface area contributed by atoms with Gasteiger partial charge in [0.05, 0.1) is 4.90 Å². The molecule has 0 aromatic heterocycles. The summed E-state index contributed by atoms with van der Waals surface area (Å²) in [5, 5.41) is 0. The molecule has 1 atom stereocenters. The molecular weight excluding hydrogens is 240 g/mol. The summed E-state index contributed by atoms with van der Waals surface area (Å²) in [7, 11) is -3.52. The van der Waals surface area contributed by atoms with Crippen molar-refractivity contribution in [1.29, 1.82) is 0 Å². The zero-order valence-corrected chi connectivity index (χ0v) is 10.6. The molecule has 1 rings (SSSR count). The van der Waals surface area contributed by atoms with E-state index in [-0.39, 0.29) is 16.5 Å². The van der Waals surface area contributed by atoms with E-state index >= 15 is 0 Å². The quantitative estimate of drug-likeness (QED) is 0.819. The molecule has 1 unspecified atom stereocenters. The van der Waals surface area contributed by atoms with Crippen molar-refractivity contribution in [2.75, 3.05) is 0 Å². The van der Waals surface area contributed by atoms with Gasteiger partial charge in [-0.15, -0.1) is 0 Å². The first kappa shape index (κ1) is 13.7. The predicted octanol–water partition coefficient (Wildman–Crippen LogP) is 0.862. The van der Waals surface area contributed by atoms with E-state index in [1.807, 2.05) is 6.92 Å². The standard InChI is InChI=1S/C11H16N2O3S/c1-3-8(2)13-17(15,16)10-6-4-9(5-7-10)11(12)14/h4-8,13H,3H2,1-2H3,(H2,12,14). The van der Waals surface area contributed by atoms with E-state index in [1.165, 1.54) is 24.3 Å². The monoisotopic (exact) mass is 256 g/mol. The van der Waals surface area contributed by atoms with E-state index in [1.54, 1.807) is 6.92 Å². The molecule has 0 fully saturated rings. The third kappa shape index (κ3) is 3.54. The minimum atomic E-state index is -3.52. The van der Waals surface area contributed by atoms with E-state index in [0.29, 0.717) is 6.42 Å². The number of primary amides is 1. The van der Waals surface area contributed by atoms with Gasteiger partial charge in [-0.05, 0) is 37.6 Å². The van der Waals surface area contributed by atoms with Crippen LogP contribution in [-0.4, -0.2) is 20.4 Å². The van der Waals surface area contributed by atoms with Gasteiger partial charge in [-0.1, -0.05) is 6.92 Å². The predicted molar refractivity (Wildman–Crippen MR) is 65.0 cm³/mol. The van der Waals surface area contributed by atoms with Crippen molar-refractivity contribution in [3.63, 3.8) is 0 Å². The number of benzene rings is 1. The number of rotatable bonds is 5. The Morgan fingerprint density at radius 2 is 1.88 bits per heavy atom.